The van der Waals surface area contributed by atoms with E-state index in [4.69, 9.17) is 0 Å². The first kappa shape index (κ1) is 14.6. The van der Waals surface area contributed by atoms with Gasteiger partial charge in [0.15, 0.2) is 0 Å². The van der Waals surface area contributed by atoms with Crippen LogP contribution in [0.1, 0.15) is 64.8 Å². The molecule has 1 aromatic rings. The minimum Gasteiger partial charge on any atom is -0.389 e. The molecule has 1 unspecified atom stereocenters. The van der Waals surface area contributed by atoms with E-state index in [-0.39, 0.29) is 5.41 Å². The van der Waals surface area contributed by atoms with Gasteiger partial charge in [0.1, 0.15) is 0 Å². The largest absolute Gasteiger partial charge is 0.389 e. The number of hydrogen-bond donors (Lipinski definition) is 1. The Morgan fingerprint density at radius 3 is 2.63 bits per heavy atom. The van der Waals surface area contributed by atoms with Crippen molar-refractivity contribution in [1.29, 1.82) is 0 Å². The Labute approximate surface area is 117 Å². The zero-order valence-corrected chi connectivity index (χ0v) is 12.9. The van der Waals surface area contributed by atoms with Crippen LogP contribution in [-0.4, -0.2) is 20.5 Å². The van der Waals surface area contributed by atoms with E-state index < -0.39 is 5.60 Å². The van der Waals surface area contributed by atoms with Gasteiger partial charge >= 0.3 is 0 Å². The highest BCUT2D eigenvalue weighted by Crippen LogP contribution is 2.42. The molecule has 0 bridgehead atoms. The van der Waals surface area contributed by atoms with E-state index in [0.717, 1.165) is 44.3 Å². The van der Waals surface area contributed by atoms with Crippen molar-refractivity contribution in [2.24, 2.45) is 5.41 Å². The van der Waals surface area contributed by atoms with Gasteiger partial charge in [0, 0.05) is 18.7 Å². The standard InChI is InChI=1S/C16H28N2O/c1-5-13-10-14(18(6-2)17-13)11-16(19)9-7-8-15(3,4)12-16/h10,19H,5-9,11-12H2,1-4H3. The van der Waals surface area contributed by atoms with Crippen molar-refractivity contribution >= 4 is 0 Å². The fourth-order valence-electron chi connectivity index (χ4n) is 3.56. The lowest BCUT2D eigenvalue weighted by Gasteiger charge is -2.41. The molecule has 0 saturated heterocycles. The molecular weight excluding hydrogens is 236 g/mol. The van der Waals surface area contributed by atoms with Gasteiger partial charge < -0.3 is 5.11 Å². The van der Waals surface area contributed by atoms with Gasteiger partial charge in [-0.1, -0.05) is 27.2 Å². The Morgan fingerprint density at radius 2 is 2.05 bits per heavy atom. The highest BCUT2D eigenvalue weighted by Gasteiger charge is 2.39. The summed E-state index contributed by atoms with van der Waals surface area (Å²) in [6.07, 6.45) is 5.89. The summed E-state index contributed by atoms with van der Waals surface area (Å²) in [5, 5.41) is 15.5. The van der Waals surface area contributed by atoms with Gasteiger partial charge in [-0.2, -0.15) is 5.10 Å². The van der Waals surface area contributed by atoms with Crippen molar-refractivity contribution < 1.29 is 5.11 Å². The number of aliphatic hydroxyl groups is 1. The third-order valence-corrected chi connectivity index (χ3v) is 4.39. The zero-order valence-electron chi connectivity index (χ0n) is 12.9. The van der Waals surface area contributed by atoms with Crippen LogP contribution in [-0.2, 0) is 19.4 Å². The number of nitrogens with zero attached hydrogens (tertiary/aromatic N) is 2. The molecule has 1 aromatic heterocycles. The highest BCUT2D eigenvalue weighted by molar-refractivity contribution is 5.14. The molecule has 108 valence electrons. The molecule has 1 heterocycles. The Hall–Kier alpha value is -0.830. The van der Waals surface area contributed by atoms with E-state index in [2.05, 4.69) is 43.5 Å². The maximum atomic E-state index is 10.9. The number of aromatic nitrogens is 2. The number of rotatable bonds is 4. The molecule has 0 amide bonds. The Balaban J connectivity index is 2.17. The quantitative estimate of drug-likeness (QED) is 0.905. The summed E-state index contributed by atoms with van der Waals surface area (Å²) < 4.78 is 2.05. The van der Waals surface area contributed by atoms with Crippen LogP contribution in [0.5, 0.6) is 0 Å². The van der Waals surface area contributed by atoms with Crippen LogP contribution >= 0.6 is 0 Å². The van der Waals surface area contributed by atoms with Gasteiger partial charge in [-0.3, -0.25) is 4.68 Å². The monoisotopic (exact) mass is 264 g/mol. The fraction of sp³-hybridized carbons (Fsp3) is 0.812. The first-order chi connectivity index (χ1) is 8.87. The van der Waals surface area contributed by atoms with Gasteiger partial charge in [-0.05, 0) is 44.1 Å². The van der Waals surface area contributed by atoms with Crippen LogP contribution in [0.15, 0.2) is 6.07 Å². The van der Waals surface area contributed by atoms with Crippen LogP contribution in [0.2, 0.25) is 0 Å². The van der Waals surface area contributed by atoms with Crippen LogP contribution < -0.4 is 0 Å². The summed E-state index contributed by atoms with van der Waals surface area (Å²) in [5.41, 5.74) is 2.05. The van der Waals surface area contributed by atoms with Crippen molar-refractivity contribution in [3.63, 3.8) is 0 Å². The predicted molar refractivity (Wildman–Crippen MR) is 78.2 cm³/mol. The summed E-state index contributed by atoms with van der Waals surface area (Å²) in [6, 6.07) is 2.17. The average Bonchev–Trinajstić information content (AvgIpc) is 2.68. The lowest BCUT2D eigenvalue weighted by atomic mass is 9.68. The summed E-state index contributed by atoms with van der Waals surface area (Å²) in [5.74, 6) is 0. The van der Waals surface area contributed by atoms with Crippen molar-refractivity contribution in [2.45, 2.75) is 78.4 Å². The summed E-state index contributed by atoms with van der Waals surface area (Å²) in [6.45, 7) is 9.67. The average molecular weight is 264 g/mol. The molecule has 1 fully saturated rings. The van der Waals surface area contributed by atoms with E-state index >= 15 is 0 Å². The number of aryl methyl sites for hydroxylation is 2. The second kappa shape index (κ2) is 5.28. The van der Waals surface area contributed by atoms with E-state index in [1.165, 1.54) is 12.1 Å². The maximum absolute atomic E-state index is 10.9. The fourth-order valence-corrected chi connectivity index (χ4v) is 3.56. The molecule has 1 atom stereocenters. The number of hydrogen-bond acceptors (Lipinski definition) is 2. The smallest absolute Gasteiger partial charge is 0.0708 e. The first-order valence-corrected chi connectivity index (χ1v) is 7.65. The molecular formula is C16H28N2O. The molecule has 0 radical (unpaired) electrons. The molecule has 1 aliphatic rings. The minimum absolute atomic E-state index is 0.262. The van der Waals surface area contributed by atoms with Crippen LogP contribution in [0.3, 0.4) is 0 Å². The molecule has 19 heavy (non-hydrogen) atoms. The summed E-state index contributed by atoms with van der Waals surface area (Å²) in [7, 11) is 0. The molecule has 1 aliphatic carbocycles. The molecule has 3 nitrogen and oxygen atoms in total. The highest BCUT2D eigenvalue weighted by atomic mass is 16.3. The lowest BCUT2D eigenvalue weighted by Crippen LogP contribution is -2.41. The van der Waals surface area contributed by atoms with Gasteiger partial charge in [-0.25, -0.2) is 0 Å². The van der Waals surface area contributed by atoms with Gasteiger partial charge in [-0.15, -0.1) is 0 Å². The topological polar surface area (TPSA) is 38.0 Å². The van der Waals surface area contributed by atoms with Crippen LogP contribution in [0.25, 0.3) is 0 Å². The third-order valence-electron chi connectivity index (χ3n) is 4.39. The van der Waals surface area contributed by atoms with E-state index in [0.29, 0.717) is 0 Å². The second-order valence-corrected chi connectivity index (χ2v) is 6.89. The normalized spacial score (nSPS) is 26.6. The maximum Gasteiger partial charge on any atom is 0.0708 e. The summed E-state index contributed by atoms with van der Waals surface area (Å²) in [4.78, 5) is 0. The Kier molecular flexibility index (Phi) is 4.05. The SMILES string of the molecule is CCc1cc(CC2(O)CCCC(C)(C)C2)n(CC)n1. The van der Waals surface area contributed by atoms with Gasteiger partial charge in [0.2, 0.25) is 0 Å². The second-order valence-electron chi connectivity index (χ2n) is 6.89. The molecule has 0 aliphatic heterocycles. The van der Waals surface area contributed by atoms with Crippen molar-refractivity contribution in [1.82, 2.24) is 9.78 Å². The van der Waals surface area contributed by atoms with Crippen LogP contribution in [0, 0.1) is 5.41 Å². The van der Waals surface area contributed by atoms with Crippen molar-refractivity contribution in [3.8, 4) is 0 Å². The Bertz CT molecular complexity index is 436. The van der Waals surface area contributed by atoms with E-state index in [9.17, 15) is 5.11 Å². The minimum atomic E-state index is -0.542. The van der Waals surface area contributed by atoms with E-state index in [1.54, 1.807) is 0 Å². The molecule has 1 saturated carbocycles. The predicted octanol–water partition coefficient (Wildman–Crippen LogP) is 3.34. The third kappa shape index (κ3) is 3.38. The molecule has 0 aromatic carbocycles. The van der Waals surface area contributed by atoms with Gasteiger partial charge in [0.05, 0.1) is 11.3 Å². The van der Waals surface area contributed by atoms with Crippen LogP contribution in [0.4, 0.5) is 0 Å². The molecule has 1 N–H and O–H groups in total. The van der Waals surface area contributed by atoms with Crippen molar-refractivity contribution in [2.75, 3.05) is 0 Å². The summed E-state index contributed by atoms with van der Waals surface area (Å²) >= 11 is 0. The zero-order chi connectivity index (χ0) is 14.1. The first-order valence-electron chi connectivity index (χ1n) is 7.65. The molecule has 2 rings (SSSR count). The van der Waals surface area contributed by atoms with Crippen molar-refractivity contribution in [3.05, 3.63) is 17.5 Å². The van der Waals surface area contributed by atoms with Gasteiger partial charge in [0.25, 0.3) is 0 Å². The van der Waals surface area contributed by atoms with E-state index in [1.807, 2.05) is 0 Å². The molecule has 3 heteroatoms. The Morgan fingerprint density at radius 1 is 1.32 bits per heavy atom. The lowest BCUT2D eigenvalue weighted by molar-refractivity contribution is -0.0395. The molecule has 0 spiro atoms.